The molecule has 0 aliphatic carbocycles. The zero-order chi connectivity index (χ0) is 14.7. The molecule has 20 heavy (non-hydrogen) atoms. The predicted molar refractivity (Wildman–Crippen MR) is 76.7 cm³/mol. The lowest BCUT2D eigenvalue weighted by Gasteiger charge is -2.21. The Bertz CT molecular complexity index is 507. The van der Waals surface area contributed by atoms with E-state index in [9.17, 15) is 9.59 Å². The summed E-state index contributed by atoms with van der Waals surface area (Å²) in [6.07, 6.45) is 2.07. The number of aryl methyl sites for hydroxylation is 1. The summed E-state index contributed by atoms with van der Waals surface area (Å²) in [6.45, 7) is 5.02. The number of rotatable bonds is 3. The lowest BCUT2D eigenvalue weighted by Crippen LogP contribution is -2.45. The Balaban J connectivity index is 2.01. The molecule has 1 fully saturated rings. The summed E-state index contributed by atoms with van der Waals surface area (Å²) in [4.78, 5) is 30.0. The fourth-order valence-electron chi connectivity index (χ4n) is 2.31. The van der Waals surface area contributed by atoms with Gasteiger partial charge in [-0.05, 0) is 38.8 Å². The van der Waals surface area contributed by atoms with Gasteiger partial charge in [-0.25, -0.2) is 4.98 Å². The van der Waals surface area contributed by atoms with Gasteiger partial charge in [-0.2, -0.15) is 0 Å². The molecule has 1 atom stereocenters. The van der Waals surface area contributed by atoms with Gasteiger partial charge in [0.2, 0.25) is 5.91 Å². The number of likely N-dealkylation sites (tertiary alicyclic amines) is 1. The van der Waals surface area contributed by atoms with Crippen molar-refractivity contribution >= 4 is 23.4 Å². The van der Waals surface area contributed by atoms with Crippen molar-refractivity contribution in [1.82, 2.24) is 15.2 Å². The summed E-state index contributed by atoms with van der Waals surface area (Å²) in [7, 11) is 0. The van der Waals surface area contributed by atoms with E-state index in [1.54, 1.807) is 24.8 Å². The molecule has 1 saturated heterocycles. The highest BCUT2D eigenvalue weighted by molar-refractivity contribution is 6.29. The van der Waals surface area contributed by atoms with Crippen LogP contribution < -0.4 is 5.32 Å². The van der Waals surface area contributed by atoms with Crippen molar-refractivity contribution in [3.8, 4) is 0 Å². The molecule has 0 spiro atoms. The Kier molecular flexibility index (Phi) is 4.60. The summed E-state index contributed by atoms with van der Waals surface area (Å²) >= 11 is 5.83. The summed E-state index contributed by atoms with van der Waals surface area (Å²) in [5.74, 6) is -0.342. The molecule has 0 aromatic carbocycles. The van der Waals surface area contributed by atoms with Gasteiger partial charge in [-0.15, -0.1) is 0 Å². The summed E-state index contributed by atoms with van der Waals surface area (Å²) in [5, 5.41) is 2.98. The van der Waals surface area contributed by atoms with E-state index >= 15 is 0 Å². The number of hydrogen-bond acceptors (Lipinski definition) is 3. The van der Waals surface area contributed by atoms with Crippen molar-refractivity contribution < 1.29 is 9.59 Å². The fraction of sp³-hybridized carbons (Fsp3) is 0.500. The molecule has 5 nitrogen and oxygen atoms in total. The standard InChI is InChI=1S/C14H18ClN3O2/c1-9-7-11(8-12(15)16-9)13(19)17-10(2)14(20)18-5-3-4-6-18/h7-8,10H,3-6H2,1-2H3,(H,17,19). The molecule has 0 bridgehead atoms. The highest BCUT2D eigenvalue weighted by Crippen LogP contribution is 2.12. The highest BCUT2D eigenvalue weighted by atomic mass is 35.5. The van der Waals surface area contributed by atoms with Crippen LogP contribution in [0.5, 0.6) is 0 Å². The maximum absolute atomic E-state index is 12.1. The van der Waals surface area contributed by atoms with Gasteiger partial charge < -0.3 is 10.2 Å². The van der Waals surface area contributed by atoms with E-state index in [1.165, 1.54) is 6.07 Å². The highest BCUT2D eigenvalue weighted by Gasteiger charge is 2.24. The second-order valence-corrected chi connectivity index (χ2v) is 5.43. The molecule has 6 heteroatoms. The molecule has 0 saturated carbocycles. The van der Waals surface area contributed by atoms with E-state index in [1.807, 2.05) is 0 Å². The number of amides is 2. The maximum atomic E-state index is 12.1. The maximum Gasteiger partial charge on any atom is 0.252 e. The number of nitrogens with zero attached hydrogens (tertiary/aromatic N) is 2. The van der Waals surface area contributed by atoms with Crippen molar-refractivity contribution in [1.29, 1.82) is 0 Å². The Morgan fingerprint density at radius 3 is 2.60 bits per heavy atom. The molecule has 2 rings (SSSR count). The van der Waals surface area contributed by atoms with Crippen molar-refractivity contribution in [2.75, 3.05) is 13.1 Å². The molecular weight excluding hydrogens is 278 g/mol. The first-order valence-corrected chi connectivity index (χ1v) is 7.09. The number of nitrogens with one attached hydrogen (secondary N) is 1. The van der Waals surface area contributed by atoms with E-state index in [2.05, 4.69) is 10.3 Å². The Labute approximate surface area is 123 Å². The molecule has 108 valence electrons. The second-order valence-electron chi connectivity index (χ2n) is 5.05. The van der Waals surface area contributed by atoms with E-state index in [0.29, 0.717) is 11.3 Å². The van der Waals surface area contributed by atoms with Crippen LogP contribution in [0.25, 0.3) is 0 Å². The third kappa shape index (κ3) is 3.48. The lowest BCUT2D eigenvalue weighted by molar-refractivity contribution is -0.131. The molecule has 1 N–H and O–H groups in total. The monoisotopic (exact) mass is 295 g/mol. The SMILES string of the molecule is Cc1cc(C(=O)NC(C)C(=O)N2CCCC2)cc(Cl)n1. The van der Waals surface area contributed by atoms with Crippen LogP contribution in [0.1, 0.15) is 35.8 Å². The lowest BCUT2D eigenvalue weighted by atomic mass is 10.2. The van der Waals surface area contributed by atoms with Crippen molar-refractivity contribution in [3.63, 3.8) is 0 Å². The van der Waals surface area contributed by atoms with Crippen molar-refractivity contribution in [2.45, 2.75) is 32.7 Å². The average Bonchev–Trinajstić information content (AvgIpc) is 2.90. The minimum absolute atomic E-state index is 0.0345. The third-order valence-corrected chi connectivity index (χ3v) is 3.51. The first-order chi connectivity index (χ1) is 9.47. The van der Waals surface area contributed by atoms with Crippen LogP contribution >= 0.6 is 11.6 Å². The summed E-state index contributed by atoms with van der Waals surface area (Å²) in [5.41, 5.74) is 1.09. The number of halogens is 1. The van der Waals surface area contributed by atoms with Crippen LogP contribution in [-0.4, -0.2) is 40.8 Å². The number of hydrogen-bond donors (Lipinski definition) is 1. The minimum Gasteiger partial charge on any atom is -0.341 e. The Morgan fingerprint density at radius 2 is 2.00 bits per heavy atom. The molecule has 1 aliphatic heterocycles. The second kappa shape index (κ2) is 6.22. The Morgan fingerprint density at radius 1 is 1.35 bits per heavy atom. The van der Waals surface area contributed by atoms with E-state index in [0.717, 1.165) is 25.9 Å². The average molecular weight is 296 g/mol. The molecule has 0 radical (unpaired) electrons. The minimum atomic E-state index is -0.534. The van der Waals surface area contributed by atoms with Crippen LogP contribution in [0.4, 0.5) is 0 Å². The van der Waals surface area contributed by atoms with Crippen LogP contribution in [0.15, 0.2) is 12.1 Å². The Hall–Kier alpha value is -1.62. The molecule has 1 unspecified atom stereocenters. The zero-order valence-corrected chi connectivity index (χ0v) is 12.4. The van der Waals surface area contributed by atoms with Gasteiger partial charge in [-0.3, -0.25) is 9.59 Å². The smallest absolute Gasteiger partial charge is 0.252 e. The third-order valence-electron chi connectivity index (χ3n) is 3.32. The van der Waals surface area contributed by atoms with Gasteiger partial charge >= 0.3 is 0 Å². The molecule has 2 heterocycles. The number of pyridine rings is 1. The topological polar surface area (TPSA) is 62.3 Å². The molecule has 1 aromatic heterocycles. The zero-order valence-electron chi connectivity index (χ0n) is 11.6. The predicted octanol–water partition coefficient (Wildman–Crippen LogP) is 1.78. The van der Waals surface area contributed by atoms with E-state index in [-0.39, 0.29) is 17.0 Å². The van der Waals surface area contributed by atoms with Gasteiger partial charge in [-0.1, -0.05) is 11.6 Å². The molecule has 1 aliphatic rings. The molecular formula is C14H18ClN3O2. The van der Waals surface area contributed by atoms with Crippen LogP contribution in [0.3, 0.4) is 0 Å². The van der Waals surface area contributed by atoms with Crippen molar-refractivity contribution in [3.05, 3.63) is 28.5 Å². The van der Waals surface area contributed by atoms with Gasteiger partial charge in [0.05, 0.1) is 0 Å². The van der Waals surface area contributed by atoms with Gasteiger partial charge in [0.25, 0.3) is 5.91 Å². The van der Waals surface area contributed by atoms with Gasteiger partial charge in [0.1, 0.15) is 11.2 Å². The molecule has 1 aromatic rings. The van der Waals surface area contributed by atoms with Crippen LogP contribution in [0.2, 0.25) is 5.15 Å². The van der Waals surface area contributed by atoms with Crippen molar-refractivity contribution in [2.24, 2.45) is 0 Å². The quantitative estimate of drug-likeness (QED) is 0.865. The number of carbonyl (C=O) groups is 2. The van der Waals surface area contributed by atoms with Gasteiger partial charge in [0.15, 0.2) is 0 Å². The van der Waals surface area contributed by atoms with Crippen LogP contribution in [-0.2, 0) is 4.79 Å². The van der Waals surface area contributed by atoms with E-state index < -0.39 is 6.04 Å². The first kappa shape index (κ1) is 14.8. The number of carbonyl (C=O) groups excluding carboxylic acids is 2. The normalized spacial score (nSPS) is 16.1. The largest absolute Gasteiger partial charge is 0.341 e. The summed E-state index contributed by atoms with van der Waals surface area (Å²) < 4.78 is 0. The first-order valence-electron chi connectivity index (χ1n) is 6.71. The summed E-state index contributed by atoms with van der Waals surface area (Å²) in [6, 6.07) is 2.61. The van der Waals surface area contributed by atoms with Gasteiger partial charge in [0, 0.05) is 24.3 Å². The fourth-order valence-corrected chi connectivity index (χ4v) is 2.56. The molecule has 2 amide bonds. The number of aromatic nitrogens is 1. The van der Waals surface area contributed by atoms with E-state index in [4.69, 9.17) is 11.6 Å². The van der Waals surface area contributed by atoms with Crippen LogP contribution in [0, 0.1) is 6.92 Å².